The summed E-state index contributed by atoms with van der Waals surface area (Å²) in [6, 6.07) is 9.67. The van der Waals surface area contributed by atoms with Gasteiger partial charge in [0.1, 0.15) is 0 Å². The zero-order chi connectivity index (χ0) is 16.9. The summed E-state index contributed by atoms with van der Waals surface area (Å²) in [5.41, 5.74) is 1.97. The van der Waals surface area contributed by atoms with E-state index in [0.717, 1.165) is 43.4 Å². The second kappa shape index (κ2) is 7.62. The number of ether oxygens (including phenoxy) is 1. The summed E-state index contributed by atoms with van der Waals surface area (Å²) in [6.45, 7) is 2.10. The van der Waals surface area contributed by atoms with Gasteiger partial charge in [-0.1, -0.05) is 49.6 Å². The van der Waals surface area contributed by atoms with Crippen LogP contribution in [0.15, 0.2) is 36.7 Å². The molecule has 2 atom stereocenters. The van der Waals surface area contributed by atoms with Gasteiger partial charge < -0.3 is 14.4 Å². The average molecular weight is 328 g/mol. The quantitative estimate of drug-likeness (QED) is 0.688. The molecular weight excluding hydrogens is 304 g/mol. The molecule has 128 valence electrons. The van der Waals surface area contributed by atoms with Gasteiger partial charge in [-0.3, -0.25) is 0 Å². The molecule has 5 heteroatoms. The molecule has 0 spiro atoms. The molecule has 0 radical (unpaired) electrons. The van der Waals surface area contributed by atoms with Crippen molar-refractivity contribution in [2.24, 2.45) is 0 Å². The Hall–Kier alpha value is -2.14. The molecule has 0 aliphatic heterocycles. The van der Waals surface area contributed by atoms with E-state index in [1.807, 2.05) is 34.9 Å². The van der Waals surface area contributed by atoms with E-state index in [-0.39, 0.29) is 6.04 Å². The molecular formula is C19H24N2O3. The number of carbonyl (C=O) groups excluding carboxylic acids is 1. The molecule has 0 bridgehead atoms. The van der Waals surface area contributed by atoms with Gasteiger partial charge in [-0.15, -0.1) is 0 Å². The van der Waals surface area contributed by atoms with Gasteiger partial charge in [-0.05, 0) is 19.8 Å². The first-order valence-corrected chi connectivity index (χ1v) is 8.69. The van der Waals surface area contributed by atoms with E-state index in [0.29, 0.717) is 12.3 Å². The molecule has 1 aromatic heterocycles. The average Bonchev–Trinajstić information content (AvgIpc) is 2.92. The van der Waals surface area contributed by atoms with Gasteiger partial charge in [-0.2, -0.15) is 0 Å². The second-order valence-electron chi connectivity index (χ2n) is 6.21. The Morgan fingerprint density at radius 3 is 2.75 bits per heavy atom. The van der Waals surface area contributed by atoms with E-state index in [2.05, 4.69) is 4.98 Å². The van der Waals surface area contributed by atoms with Crippen molar-refractivity contribution in [3.63, 3.8) is 0 Å². The van der Waals surface area contributed by atoms with Crippen LogP contribution in [0.3, 0.4) is 0 Å². The van der Waals surface area contributed by atoms with Crippen LogP contribution in [-0.2, 0) is 4.74 Å². The van der Waals surface area contributed by atoms with Crippen molar-refractivity contribution in [2.45, 2.75) is 51.2 Å². The van der Waals surface area contributed by atoms with Crippen LogP contribution in [0.2, 0.25) is 0 Å². The Morgan fingerprint density at radius 2 is 2.00 bits per heavy atom. The lowest BCUT2D eigenvalue weighted by atomic mass is 10.0. The number of rotatable bonds is 4. The fraction of sp³-hybridized carbons (Fsp3) is 0.474. The number of nitrogens with zero attached hydrogens (tertiary/aromatic N) is 2. The Morgan fingerprint density at radius 1 is 1.25 bits per heavy atom. The highest BCUT2D eigenvalue weighted by Gasteiger charge is 2.29. The minimum Gasteiger partial charge on any atom is -0.461 e. The number of hydrogen-bond acceptors (Lipinski definition) is 4. The number of benzene rings is 1. The maximum Gasteiger partial charge on any atom is 0.359 e. The molecule has 1 aromatic carbocycles. The van der Waals surface area contributed by atoms with Gasteiger partial charge in [0, 0.05) is 5.56 Å². The molecule has 1 unspecified atom stereocenters. The van der Waals surface area contributed by atoms with Gasteiger partial charge in [0.05, 0.1) is 30.8 Å². The van der Waals surface area contributed by atoms with Crippen LogP contribution in [0.1, 0.15) is 55.6 Å². The largest absolute Gasteiger partial charge is 0.461 e. The summed E-state index contributed by atoms with van der Waals surface area (Å²) in [7, 11) is 0. The third-order valence-electron chi connectivity index (χ3n) is 4.61. The lowest BCUT2D eigenvalue weighted by Crippen LogP contribution is -2.23. The number of hydrogen-bond donors (Lipinski definition) is 1. The summed E-state index contributed by atoms with van der Waals surface area (Å²) in [6.07, 6.45) is 6.17. The zero-order valence-corrected chi connectivity index (χ0v) is 14.0. The second-order valence-corrected chi connectivity index (χ2v) is 6.21. The lowest BCUT2D eigenvalue weighted by Gasteiger charge is -2.24. The number of imidazole rings is 1. The van der Waals surface area contributed by atoms with E-state index < -0.39 is 12.1 Å². The van der Waals surface area contributed by atoms with Crippen LogP contribution < -0.4 is 0 Å². The molecule has 24 heavy (non-hydrogen) atoms. The first-order valence-electron chi connectivity index (χ1n) is 8.69. The Kier molecular flexibility index (Phi) is 5.30. The van der Waals surface area contributed by atoms with Crippen LogP contribution in [0.25, 0.3) is 11.3 Å². The van der Waals surface area contributed by atoms with Crippen LogP contribution in [0.5, 0.6) is 0 Å². The van der Waals surface area contributed by atoms with Crippen molar-refractivity contribution in [3.05, 3.63) is 42.4 Å². The third-order valence-corrected chi connectivity index (χ3v) is 4.61. The maximum atomic E-state index is 12.3. The highest BCUT2D eigenvalue weighted by Crippen LogP contribution is 2.33. The standard InChI is InChI=1S/C19H24N2O3/c1-2-24-19(23)17-18(14-9-5-3-6-10-14)21(13-20-17)15-11-7-4-8-12-16(15)22/h3,5-6,9-10,13,15-16,22H,2,4,7-8,11-12H2,1H3/t15?,16-/m0/s1. The minimum absolute atomic E-state index is 0.0571. The summed E-state index contributed by atoms with van der Waals surface area (Å²) in [5.74, 6) is -0.418. The van der Waals surface area contributed by atoms with E-state index in [4.69, 9.17) is 4.74 Å². The van der Waals surface area contributed by atoms with Gasteiger partial charge in [0.2, 0.25) is 0 Å². The van der Waals surface area contributed by atoms with E-state index in [1.165, 1.54) is 0 Å². The number of carbonyl (C=O) groups is 1. The first-order chi connectivity index (χ1) is 11.7. The molecule has 1 aliphatic carbocycles. The molecule has 1 heterocycles. The lowest BCUT2D eigenvalue weighted by molar-refractivity contribution is 0.0520. The van der Waals surface area contributed by atoms with Crippen molar-refractivity contribution in [3.8, 4) is 11.3 Å². The van der Waals surface area contributed by atoms with Crippen LogP contribution in [-0.4, -0.2) is 33.3 Å². The fourth-order valence-corrected chi connectivity index (χ4v) is 3.44. The summed E-state index contributed by atoms with van der Waals surface area (Å²) >= 11 is 0. The number of aliphatic hydroxyl groups excluding tert-OH is 1. The normalized spacial score (nSPS) is 21.2. The highest BCUT2D eigenvalue weighted by molar-refractivity contribution is 5.94. The molecule has 0 amide bonds. The Bertz CT molecular complexity index is 681. The van der Waals surface area contributed by atoms with Gasteiger partial charge >= 0.3 is 5.97 Å². The fourth-order valence-electron chi connectivity index (χ4n) is 3.44. The Labute approximate surface area is 142 Å². The highest BCUT2D eigenvalue weighted by atomic mass is 16.5. The van der Waals surface area contributed by atoms with Gasteiger partial charge in [0.25, 0.3) is 0 Å². The number of aromatic nitrogens is 2. The molecule has 2 aromatic rings. The van der Waals surface area contributed by atoms with Gasteiger partial charge in [-0.25, -0.2) is 9.78 Å². The van der Waals surface area contributed by atoms with Crippen molar-refractivity contribution in [1.29, 1.82) is 0 Å². The van der Waals surface area contributed by atoms with Crippen molar-refractivity contribution < 1.29 is 14.6 Å². The van der Waals surface area contributed by atoms with Crippen LogP contribution >= 0.6 is 0 Å². The van der Waals surface area contributed by atoms with E-state index in [9.17, 15) is 9.90 Å². The van der Waals surface area contributed by atoms with E-state index in [1.54, 1.807) is 13.3 Å². The summed E-state index contributed by atoms with van der Waals surface area (Å²) < 4.78 is 7.13. The molecule has 1 fully saturated rings. The van der Waals surface area contributed by atoms with E-state index >= 15 is 0 Å². The summed E-state index contributed by atoms with van der Waals surface area (Å²) in [4.78, 5) is 16.7. The molecule has 1 aliphatic rings. The SMILES string of the molecule is CCOC(=O)c1ncn(C2CCCCC[C@@H]2O)c1-c1ccccc1. The predicted octanol–water partition coefficient (Wildman–Crippen LogP) is 3.59. The molecule has 1 N–H and O–H groups in total. The van der Waals surface area contributed by atoms with Crippen LogP contribution in [0.4, 0.5) is 0 Å². The topological polar surface area (TPSA) is 64.3 Å². The van der Waals surface area contributed by atoms with Crippen molar-refractivity contribution >= 4 is 5.97 Å². The molecule has 1 saturated carbocycles. The minimum atomic E-state index is -0.418. The zero-order valence-electron chi connectivity index (χ0n) is 14.0. The van der Waals surface area contributed by atoms with Crippen molar-refractivity contribution in [2.75, 3.05) is 6.61 Å². The molecule has 5 nitrogen and oxygen atoms in total. The summed E-state index contributed by atoms with van der Waals surface area (Å²) in [5, 5.41) is 10.6. The third kappa shape index (κ3) is 3.36. The smallest absolute Gasteiger partial charge is 0.359 e. The molecule has 0 saturated heterocycles. The number of esters is 1. The Balaban J connectivity index is 2.07. The predicted molar refractivity (Wildman–Crippen MR) is 91.7 cm³/mol. The van der Waals surface area contributed by atoms with Crippen LogP contribution in [0, 0.1) is 0 Å². The first kappa shape index (κ1) is 16.7. The molecule has 3 rings (SSSR count). The number of aliphatic hydroxyl groups is 1. The van der Waals surface area contributed by atoms with Gasteiger partial charge in [0.15, 0.2) is 5.69 Å². The monoisotopic (exact) mass is 328 g/mol. The maximum absolute atomic E-state index is 12.3. The van der Waals surface area contributed by atoms with Crippen molar-refractivity contribution in [1.82, 2.24) is 9.55 Å².